The lowest BCUT2D eigenvalue weighted by atomic mass is 10.3. The largest absolute Gasteiger partial charge is 0.384 e. The number of nitrogens with two attached hydrogens (primary N) is 2. The zero-order chi connectivity index (χ0) is 10.6. The summed E-state index contributed by atoms with van der Waals surface area (Å²) in [4.78, 5) is 15.4. The SMILES string of the molecule is C[C@@H](CN)NC(=O)c1cccc(N)n1.Cl. The number of hydrogen-bond donors (Lipinski definition) is 3. The highest BCUT2D eigenvalue weighted by molar-refractivity contribution is 5.92. The highest BCUT2D eigenvalue weighted by atomic mass is 35.5. The number of anilines is 1. The van der Waals surface area contributed by atoms with Crippen molar-refractivity contribution in [1.82, 2.24) is 10.3 Å². The smallest absolute Gasteiger partial charge is 0.270 e. The van der Waals surface area contributed by atoms with E-state index in [1.165, 1.54) is 0 Å². The molecule has 1 aromatic rings. The summed E-state index contributed by atoms with van der Waals surface area (Å²) in [6, 6.07) is 4.85. The topological polar surface area (TPSA) is 94.0 Å². The minimum Gasteiger partial charge on any atom is -0.384 e. The van der Waals surface area contributed by atoms with Crippen LogP contribution in [0.4, 0.5) is 5.82 Å². The molecule has 1 amide bonds. The van der Waals surface area contributed by atoms with Crippen molar-refractivity contribution in [2.45, 2.75) is 13.0 Å². The highest BCUT2D eigenvalue weighted by Crippen LogP contribution is 2.00. The molecule has 0 fully saturated rings. The number of hydrogen-bond acceptors (Lipinski definition) is 4. The number of nitrogens with zero attached hydrogens (tertiary/aromatic N) is 1. The van der Waals surface area contributed by atoms with Crippen LogP contribution in [-0.2, 0) is 0 Å². The first-order valence-electron chi connectivity index (χ1n) is 4.37. The van der Waals surface area contributed by atoms with E-state index in [-0.39, 0.29) is 24.4 Å². The molecular formula is C9H15ClN4O. The Kier molecular flexibility index (Phi) is 5.66. The first-order valence-corrected chi connectivity index (χ1v) is 4.37. The molecule has 6 heteroatoms. The summed E-state index contributed by atoms with van der Waals surface area (Å²) in [6.07, 6.45) is 0. The maximum Gasteiger partial charge on any atom is 0.270 e. The van der Waals surface area contributed by atoms with Gasteiger partial charge in [-0.05, 0) is 19.1 Å². The van der Waals surface area contributed by atoms with Crippen LogP contribution >= 0.6 is 12.4 Å². The monoisotopic (exact) mass is 230 g/mol. The number of rotatable bonds is 3. The molecule has 1 aromatic heterocycles. The van der Waals surface area contributed by atoms with Crippen LogP contribution in [0.3, 0.4) is 0 Å². The van der Waals surface area contributed by atoms with Gasteiger partial charge >= 0.3 is 0 Å². The summed E-state index contributed by atoms with van der Waals surface area (Å²) in [6.45, 7) is 2.22. The predicted octanol–water partition coefficient (Wildman–Crippen LogP) is 0.163. The van der Waals surface area contributed by atoms with Crippen LogP contribution in [0.2, 0.25) is 0 Å². The number of nitrogen functional groups attached to an aromatic ring is 1. The van der Waals surface area contributed by atoms with Crippen LogP contribution in [-0.4, -0.2) is 23.5 Å². The Hall–Kier alpha value is -1.33. The zero-order valence-electron chi connectivity index (χ0n) is 8.43. The summed E-state index contributed by atoms with van der Waals surface area (Å²) < 4.78 is 0. The molecule has 0 radical (unpaired) electrons. The average Bonchev–Trinajstić information content (AvgIpc) is 2.17. The lowest BCUT2D eigenvalue weighted by Crippen LogP contribution is -2.38. The molecule has 5 nitrogen and oxygen atoms in total. The normalized spacial score (nSPS) is 11.3. The number of carbonyl (C=O) groups is 1. The van der Waals surface area contributed by atoms with Gasteiger partial charge in [-0.3, -0.25) is 4.79 Å². The minimum absolute atomic E-state index is 0. The van der Waals surface area contributed by atoms with Crippen molar-refractivity contribution in [1.29, 1.82) is 0 Å². The summed E-state index contributed by atoms with van der Waals surface area (Å²) in [5.74, 6) is 0.0771. The Bertz CT molecular complexity index is 332. The molecule has 0 saturated heterocycles. The molecule has 15 heavy (non-hydrogen) atoms. The van der Waals surface area contributed by atoms with E-state index >= 15 is 0 Å². The maximum atomic E-state index is 11.5. The maximum absolute atomic E-state index is 11.5. The Morgan fingerprint density at radius 2 is 2.27 bits per heavy atom. The highest BCUT2D eigenvalue weighted by Gasteiger charge is 2.09. The number of pyridine rings is 1. The van der Waals surface area contributed by atoms with Gasteiger partial charge in [-0.25, -0.2) is 4.98 Å². The van der Waals surface area contributed by atoms with E-state index in [9.17, 15) is 4.79 Å². The van der Waals surface area contributed by atoms with Crippen LogP contribution in [0.1, 0.15) is 17.4 Å². The van der Waals surface area contributed by atoms with Gasteiger partial charge in [0.1, 0.15) is 11.5 Å². The van der Waals surface area contributed by atoms with Crippen molar-refractivity contribution in [3.8, 4) is 0 Å². The van der Waals surface area contributed by atoms with E-state index in [0.717, 1.165) is 0 Å². The third-order valence-corrected chi connectivity index (χ3v) is 1.73. The standard InChI is InChI=1S/C9H14N4O.ClH/c1-6(5-10)12-9(14)7-3-2-4-8(11)13-7;/h2-4,6H,5,10H2,1H3,(H2,11,13)(H,12,14);1H/t6-;/m0./s1. The van der Waals surface area contributed by atoms with Gasteiger partial charge in [0.15, 0.2) is 0 Å². The summed E-state index contributed by atoms with van der Waals surface area (Å²) in [5, 5.41) is 2.69. The molecule has 0 spiro atoms. The Labute approximate surface area is 94.7 Å². The molecule has 0 aliphatic rings. The van der Waals surface area contributed by atoms with Gasteiger partial charge in [0.05, 0.1) is 0 Å². The van der Waals surface area contributed by atoms with E-state index < -0.39 is 0 Å². The Balaban J connectivity index is 0.00000196. The number of carbonyl (C=O) groups excluding carboxylic acids is 1. The quantitative estimate of drug-likeness (QED) is 0.690. The molecular weight excluding hydrogens is 216 g/mol. The molecule has 0 aliphatic heterocycles. The lowest BCUT2D eigenvalue weighted by Gasteiger charge is -2.10. The van der Waals surface area contributed by atoms with Crippen LogP contribution in [0, 0.1) is 0 Å². The number of halogens is 1. The molecule has 1 heterocycles. The van der Waals surface area contributed by atoms with Crippen molar-refractivity contribution < 1.29 is 4.79 Å². The van der Waals surface area contributed by atoms with E-state index in [1.54, 1.807) is 18.2 Å². The molecule has 0 aliphatic carbocycles. The molecule has 84 valence electrons. The van der Waals surface area contributed by atoms with Gasteiger partial charge in [-0.1, -0.05) is 6.07 Å². The molecule has 1 rings (SSSR count). The molecule has 5 N–H and O–H groups in total. The van der Waals surface area contributed by atoms with Crippen molar-refractivity contribution in [2.75, 3.05) is 12.3 Å². The van der Waals surface area contributed by atoms with Crippen molar-refractivity contribution in [3.05, 3.63) is 23.9 Å². The van der Waals surface area contributed by atoms with Crippen LogP contribution in [0.15, 0.2) is 18.2 Å². The van der Waals surface area contributed by atoms with Crippen molar-refractivity contribution in [2.24, 2.45) is 5.73 Å². The van der Waals surface area contributed by atoms with Gasteiger partial charge in [0.2, 0.25) is 0 Å². The van der Waals surface area contributed by atoms with E-state index in [4.69, 9.17) is 11.5 Å². The summed E-state index contributed by atoms with van der Waals surface area (Å²) >= 11 is 0. The van der Waals surface area contributed by atoms with E-state index in [2.05, 4.69) is 10.3 Å². The van der Waals surface area contributed by atoms with Gasteiger partial charge in [-0.2, -0.15) is 0 Å². The van der Waals surface area contributed by atoms with Crippen LogP contribution in [0.25, 0.3) is 0 Å². The molecule has 0 aromatic carbocycles. The fraction of sp³-hybridized carbons (Fsp3) is 0.333. The summed E-state index contributed by atoms with van der Waals surface area (Å²) in [7, 11) is 0. The van der Waals surface area contributed by atoms with Crippen LogP contribution in [0.5, 0.6) is 0 Å². The van der Waals surface area contributed by atoms with Crippen LogP contribution < -0.4 is 16.8 Å². The Morgan fingerprint density at radius 3 is 2.80 bits per heavy atom. The third kappa shape index (κ3) is 4.14. The second-order valence-corrected chi connectivity index (χ2v) is 3.06. The van der Waals surface area contributed by atoms with E-state index in [0.29, 0.717) is 18.1 Å². The van der Waals surface area contributed by atoms with Gasteiger partial charge < -0.3 is 16.8 Å². The third-order valence-electron chi connectivity index (χ3n) is 1.73. The minimum atomic E-state index is -0.254. The first-order chi connectivity index (χ1) is 6.63. The molecule has 1 atom stereocenters. The second kappa shape index (κ2) is 6.21. The predicted molar refractivity (Wildman–Crippen MR) is 61.9 cm³/mol. The fourth-order valence-corrected chi connectivity index (χ4v) is 0.935. The number of amides is 1. The Morgan fingerprint density at radius 1 is 1.60 bits per heavy atom. The van der Waals surface area contributed by atoms with Crippen molar-refractivity contribution in [3.63, 3.8) is 0 Å². The van der Waals surface area contributed by atoms with E-state index in [1.807, 2.05) is 6.92 Å². The molecule has 0 unspecified atom stereocenters. The fourth-order valence-electron chi connectivity index (χ4n) is 0.935. The molecule has 0 saturated carbocycles. The second-order valence-electron chi connectivity index (χ2n) is 3.06. The number of nitrogens with one attached hydrogen (secondary N) is 1. The lowest BCUT2D eigenvalue weighted by molar-refractivity contribution is 0.0936. The average molecular weight is 231 g/mol. The zero-order valence-corrected chi connectivity index (χ0v) is 9.25. The van der Waals surface area contributed by atoms with Gasteiger partial charge in [0, 0.05) is 12.6 Å². The molecule has 0 bridgehead atoms. The number of aromatic nitrogens is 1. The first kappa shape index (κ1) is 13.7. The summed E-state index contributed by atoms with van der Waals surface area (Å²) in [5.41, 5.74) is 11.1. The van der Waals surface area contributed by atoms with Gasteiger partial charge in [-0.15, -0.1) is 12.4 Å². The van der Waals surface area contributed by atoms with Gasteiger partial charge in [0.25, 0.3) is 5.91 Å². The van der Waals surface area contributed by atoms with Crippen molar-refractivity contribution >= 4 is 24.1 Å².